The first-order chi connectivity index (χ1) is 11.1. The zero-order chi connectivity index (χ0) is 16.4. The number of nitrogen functional groups attached to an aromatic ring is 1. The first-order valence-corrected chi connectivity index (χ1v) is 7.40. The predicted molar refractivity (Wildman–Crippen MR) is 84.1 cm³/mol. The molecule has 2 heterocycles. The lowest BCUT2D eigenvalue weighted by Crippen LogP contribution is -2.20. The van der Waals surface area contributed by atoms with Crippen LogP contribution in [0.4, 0.5) is 11.4 Å². The molecule has 8 heteroatoms. The molecule has 0 aliphatic carbocycles. The number of anilines is 1. The minimum absolute atomic E-state index is 0.0980. The van der Waals surface area contributed by atoms with Gasteiger partial charge in [0.15, 0.2) is 11.9 Å². The number of nitrogens with zero attached hydrogens (tertiary/aromatic N) is 3. The summed E-state index contributed by atoms with van der Waals surface area (Å²) >= 11 is 0. The van der Waals surface area contributed by atoms with E-state index < -0.39 is 4.92 Å². The van der Waals surface area contributed by atoms with Gasteiger partial charge in [-0.05, 0) is 25.3 Å². The Balaban J connectivity index is 2.16. The SMILES string of the molecule is COc1cccc(-c2c([N+](=O)[O-])cnn2C2CCCCO2)c1N. The van der Waals surface area contributed by atoms with Gasteiger partial charge in [0.25, 0.3) is 0 Å². The Labute approximate surface area is 132 Å². The summed E-state index contributed by atoms with van der Waals surface area (Å²) in [6.07, 6.45) is 3.65. The second-order valence-electron chi connectivity index (χ2n) is 5.32. The van der Waals surface area contributed by atoms with E-state index in [1.807, 2.05) is 0 Å². The Kier molecular flexibility index (Phi) is 4.16. The minimum atomic E-state index is -0.458. The van der Waals surface area contributed by atoms with E-state index in [0.717, 1.165) is 19.3 Å². The quantitative estimate of drug-likeness (QED) is 0.528. The fourth-order valence-corrected chi connectivity index (χ4v) is 2.81. The van der Waals surface area contributed by atoms with E-state index in [-0.39, 0.29) is 11.9 Å². The monoisotopic (exact) mass is 318 g/mol. The summed E-state index contributed by atoms with van der Waals surface area (Å²) in [5.41, 5.74) is 7.23. The summed E-state index contributed by atoms with van der Waals surface area (Å²) in [6, 6.07) is 5.18. The number of hydrogen-bond acceptors (Lipinski definition) is 6. The van der Waals surface area contributed by atoms with Crippen LogP contribution in [0.15, 0.2) is 24.4 Å². The number of methoxy groups -OCH3 is 1. The standard InChI is InChI=1S/C15H18N4O4/c1-22-12-6-4-5-10(14(12)16)15-11(19(20)21)9-17-18(15)13-7-2-3-8-23-13/h4-6,9,13H,2-3,7-8,16H2,1H3. The smallest absolute Gasteiger partial charge is 0.315 e. The van der Waals surface area contributed by atoms with E-state index >= 15 is 0 Å². The van der Waals surface area contributed by atoms with Crippen molar-refractivity contribution < 1.29 is 14.4 Å². The first kappa shape index (κ1) is 15.3. The lowest BCUT2D eigenvalue weighted by atomic mass is 10.1. The second kappa shape index (κ2) is 6.25. The van der Waals surface area contributed by atoms with Gasteiger partial charge >= 0.3 is 5.69 Å². The molecule has 1 aromatic carbocycles. The highest BCUT2D eigenvalue weighted by Crippen LogP contribution is 2.40. The van der Waals surface area contributed by atoms with Crippen molar-refractivity contribution in [1.82, 2.24) is 9.78 Å². The predicted octanol–water partition coefficient (Wildman–Crippen LogP) is 2.75. The summed E-state index contributed by atoms with van der Waals surface area (Å²) < 4.78 is 12.5. The molecule has 1 aromatic heterocycles. The van der Waals surface area contributed by atoms with Crippen molar-refractivity contribution in [2.24, 2.45) is 0 Å². The van der Waals surface area contributed by atoms with Crippen molar-refractivity contribution in [2.45, 2.75) is 25.5 Å². The molecule has 1 aliphatic rings. The topological polar surface area (TPSA) is 105 Å². The summed E-state index contributed by atoms with van der Waals surface area (Å²) in [7, 11) is 1.51. The van der Waals surface area contributed by atoms with Gasteiger partial charge in [-0.25, -0.2) is 4.68 Å². The maximum Gasteiger partial charge on any atom is 0.315 e. The molecule has 0 radical (unpaired) electrons. The normalized spacial score (nSPS) is 17.9. The van der Waals surface area contributed by atoms with Gasteiger partial charge in [0.2, 0.25) is 0 Å². The van der Waals surface area contributed by atoms with Crippen LogP contribution in [0.1, 0.15) is 25.5 Å². The van der Waals surface area contributed by atoms with Crippen LogP contribution >= 0.6 is 0 Å². The molecule has 122 valence electrons. The Morgan fingerprint density at radius 2 is 2.30 bits per heavy atom. The van der Waals surface area contributed by atoms with Crippen LogP contribution in [0.3, 0.4) is 0 Å². The molecule has 1 saturated heterocycles. The molecule has 1 unspecified atom stereocenters. The van der Waals surface area contributed by atoms with Gasteiger partial charge in [-0.3, -0.25) is 10.1 Å². The van der Waals surface area contributed by atoms with Crippen LogP contribution in [0, 0.1) is 10.1 Å². The third kappa shape index (κ3) is 2.72. The average molecular weight is 318 g/mol. The largest absolute Gasteiger partial charge is 0.495 e. The lowest BCUT2D eigenvalue weighted by Gasteiger charge is -2.24. The highest BCUT2D eigenvalue weighted by Gasteiger charge is 2.29. The maximum atomic E-state index is 11.4. The Morgan fingerprint density at radius 3 is 2.96 bits per heavy atom. The lowest BCUT2D eigenvalue weighted by molar-refractivity contribution is -0.384. The third-order valence-electron chi connectivity index (χ3n) is 3.94. The van der Waals surface area contributed by atoms with E-state index in [0.29, 0.717) is 29.3 Å². The summed E-state index contributed by atoms with van der Waals surface area (Å²) in [4.78, 5) is 10.9. The van der Waals surface area contributed by atoms with E-state index in [4.69, 9.17) is 15.2 Å². The summed E-state index contributed by atoms with van der Waals surface area (Å²) in [5, 5.41) is 15.6. The number of rotatable bonds is 4. The van der Waals surface area contributed by atoms with Crippen LogP contribution in [-0.2, 0) is 4.74 Å². The molecular formula is C15H18N4O4. The number of hydrogen-bond donors (Lipinski definition) is 1. The Hall–Kier alpha value is -2.61. The highest BCUT2D eigenvalue weighted by atomic mass is 16.6. The van der Waals surface area contributed by atoms with Gasteiger partial charge in [-0.1, -0.05) is 12.1 Å². The molecular weight excluding hydrogens is 300 g/mol. The number of benzene rings is 1. The molecule has 0 amide bonds. The van der Waals surface area contributed by atoms with Crippen molar-refractivity contribution in [2.75, 3.05) is 19.5 Å². The molecule has 0 bridgehead atoms. The van der Waals surface area contributed by atoms with E-state index in [2.05, 4.69) is 5.10 Å². The van der Waals surface area contributed by atoms with Gasteiger partial charge in [0, 0.05) is 12.2 Å². The fraction of sp³-hybridized carbons (Fsp3) is 0.400. The second-order valence-corrected chi connectivity index (χ2v) is 5.32. The molecule has 1 aliphatic heterocycles. The zero-order valence-corrected chi connectivity index (χ0v) is 12.8. The van der Waals surface area contributed by atoms with Gasteiger partial charge in [0.05, 0.1) is 17.7 Å². The number of para-hydroxylation sites is 1. The van der Waals surface area contributed by atoms with Crippen molar-refractivity contribution in [3.8, 4) is 17.0 Å². The molecule has 2 aromatic rings. The van der Waals surface area contributed by atoms with Crippen LogP contribution in [0.2, 0.25) is 0 Å². The van der Waals surface area contributed by atoms with Crippen LogP contribution in [-0.4, -0.2) is 28.4 Å². The minimum Gasteiger partial charge on any atom is -0.495 e. The summed E-state index contributed by atoms with van der Waals surface area (Å²) in [6.45, 7) is 0.616. The van der Waals surface area contributed by atoms with Crippen molar-refractivity contribution in [1.29, 1.82) is 0 Å². The van der Waals surface area contributed by atoms with Crippen LogP contribution < -0.4 is 10.5 Å². The number of nitrogens with two attached hydrogens (primary N) is 1. The highest BCUT2D eigenvalue weighted by molar-refractivity contribution is 5.83. The Morgan fingerprint density at radius 1 is 1.48 bits per heavy atom. The summed E-state index contributed by atoms with van der Waals surface area (Å²) in [5.74, 6) is 0.467. The van der Waals surface area contributed by atoms with Crippen LogP contribution in [0.5, 0.6) is 5.75 Å². The fourth-order valence-electron chi connectivity index (χ4n) is 2.81. The van der Waals surface area contributed by atoms with Crippen molar-refractivity contribution >= 4 is 11.4 Å². The molecule has 23 heavy (non-hydrogen) atoms. The maximum absolute atomic E-state index is 11.4. The van der Waals surface area contributed by atoms with E-state index in [1.165, 1.54) is 13.3 Å². The molecule has 0 spiro atoms. The van der Waals surface area contributed by atoms with Gasteiger partial charge in [0.1, 0.15) is 11.9 Å². The van der Waals surface area contributed by atoms with Crippen molar-refractivity contribution in [3.05, 3.63) is 34.5 Å². The zero-order valence-electron chi connectivity index (χ0n) is 12.8. The molecule has 8 nitrogen and oxygen atoms in total. The third-order valence-corrected chi connectivity index (χ3v) is 3.94. The van der Waals surface area contributed by atoms with Crippen LogP contribution in [0.25, 0.3) is 11.3 Å². The van der Waals surface area contributed by atoms with Gasteiger partial charge in [-0.2, -0.15) is 5.10 Å². The van der Waals surface area contributed by atoms with Gasteiger partial charge in [-0.15, -0.1) is 0 Å². The first-order valence-electron chi connectivity index (χ1n) is 7.40. The van der Waals surface area contributed by atoms with E-state index in [1.54, 1.807) is 22.9 Å². The molecule has 3 rings (SSSR count). The average Bonchev–Trinajstić information content (AvgIpc) is 3.01. The van der Waals surface area contributed by atoms with E-state index in [9.17, 15) is 10.1 Å². The molecule has 1 fully saturated rings. The number of ether oxygens (including phenoxy) is 2. The Bertz CT molecular complexity index is 722. The molecule has 2 N–H and O–H groups in total. The van der Waals surface area contributed by atoms with Crippen molar-refractivity contribution in [3.63, 3.8) is 0 Å². The number of nitro groups is 1. The molecule has 1 atom stereocenters. The molecule has 0 saturated carbocycles. The number of aromatic nitrogens is 2. The van der Waals surface area contributed by atoms with Gasteiger partial charge < -0.3 is 15.2 Å².